The van der Waals surface area contributed by atoms with Crippen molar-refractivity contribution in [2.24, 2.45) is 0 Å². The lowest BCUT2D eigenvalue weighted by molar-refractivity contribution is 0.0939. The van der Waals surface area contributed by atoms with Crippen LogP contribution in [0.5, 0.6) is 5.75 Å². The summed E-state index contributed by atoms with van der Waals surface area (Å²) in [6.07, 6.45) is -0.772. The van der Waals surface area contributed by atoms with Crippen LogP contribution in [-0.4, -0.2) is 31.2 Å². The van der Waals surface area contributed by atoms with Crippen LogP contribution in [0.3, 0.4) is 0 Å². The standard InChI is InChI=1S/C25H20ClN3O4/c1-32-23-21(24(30)28-29(25(31)33-2)18-14-12-17(26)13-15-18)19-10-6-7-11-20(19)27-22(23)16-8-4-3-5-9-16/h3-15H,1-2H3,(H,28,30). The predicted octanol–water partition coefficient (Wildman–Crippen LogP) is 5.48. The Hall–Kier alpha value is -4.10. The molecule has 0 aliphatic heterocycles. The zero-order valence-corrected chi connectivity index (χ0v) is 18.7. The van der Waals surface area contributed by atoms with E-state index in [1.165, 1.54) is 14.2 Å². The molecule has 0 bridgehead atoms. The predicted molar refractivity (Wildman–Crippen MR) is 128 cm³/mol. The van der Waals surface area contributed by atoms with Crippen LogP contribution in [0.4, 0.5) is 10.5 Å². The second-order valence-corrected chi connectivity index (χ2v) is 7.41. The zero-order valence-electron chi connectivity index (χ0n) is 17.9. The molecule has 33 heavy (non-hydrogen) atoms. The molecule has 0 radical (unpaired) electrons. The number of ether oxygens (including phenoxy) is 2. The van der Waals surface area contributed by atoms with Crippen LogP contribution in [0.1, 0.15) is 10.4 Å². The highest BCUT2D eigenvalue weighted by molar-refractivity contribution is 6.30. The van der Waals surface area contributed by atoms with E-state index in [1.54, 1.807) is 36.4 Å². The largest absolute Gasteiger partial charge is 0.494 e. The van der Waals surface area contributed by atoms with Crippen molar-refractivity contribution < 1.29 is 19.1 Å². The van der Waals surface area contributed by atoms with E-state index in [0.717, 1.165) is 10.6 Å². The molecule has 166 valence electrons. The zero-order chi connectivity index (χ0) is 23.4. The number of benzene rings is 3. The average molecular weight is 462 g/mol. The van der Waals surface area contributed by atoms with E-state index in [9.17, 15) is 9.59 Å². The Bertz CT molecular complexity index is 1310. The lowest BCUT2D eigenvalue weighted by Gasteiger charge is -2.23. The second kappa shape index (κ2) is 9.58. The van der Waals surface area contributed by atoms with Gasteiger partial charge in [0.25, 0.3) is 5.91 Å². The minimum Gasteiger partial charge on any atom is -0.494 e. The highest BCUT2D eigenvalue weighted by Gasteiger charge is 2.26. The van der Waals surface area contributed by atoms with Gasteiger partial charge in [-0.15, -0.1) is 0 Å². The number of hydrogen-bond donors (Lipinski definition) is 1. The summed E-state index contributed by atoms with van der Waals surface area (Å²) < 4.78 is 10.5. The summed E-state index contributed by atoms with van der Waals surface area (Å²) in [5, 5.41) is 2.08. The number of hydrogen-bond acceptors (Lipinski definition) is 5. The van der Waals surface area contributed by atoms with Crippen LogP contribution >= 0.6 is 11.6 Å². The van der Waals surface area contributed by atoms with Gasteiger partial charge < -0.3 is 9.47 Å². The number of rotatable bonds is 4. The molecule has 1 N–H and O–H groups in total. The summed E-state index contributed by atoms with van der Waals surface area (Å²) in [6.45, 7) is 0. The number of hydrazine groups is 1. The Kier molecular flexibility index (Phi) is 6.42. The molecule has 0 unspecified atom stereocenters. The molecule has 8 heteroatoms. The lowest BCUT2D eigenvalue weighted by atomic mass is 10.0. The molecule has 0 spiro atoms. The van der Waals surface area contributed by atoms with Crippen LogP contribution in [0.2, 0.25) is 5.02 Å². The van der Waals surface area contributed by atoms with Gasteiger partial charge in [0, 0.05) is 16.0 Å². The van der Waals surface area contributed by atoms with Crippen LogP contribution in [0, 0.1) is 0 Å². The first-order valence-electron chi connectivity index (χ1n) is 10.00. The summed E-state index contributed by atoms with van der Waals surface area (Å²) in [4.78, 5) is 30.8. The molecule has 0 fully saturated rings. The molecule has 0 atom stereocenters. The normalized spacial score (nSPS) is 10.5. The number of amides is 2. The molecule has 4 aromatic rings. The summed E-state index contributed by atoms with van der Waals surface area (Å²) >= 11 is 5.97. The molecular weight excluding hydrogens is 442 g/mol. The monoisotopic (exact) mass is 461 g/mol. The number of fused-ring (bicyclic) bond motifs is 1. The van der Waals surface area contributed by atoms with Gasteiger partial charge in [-0.2, -0.15) is 5.01 Å². The SMILES string of the molecule is COC(=O)N(NC(=O)c1c(OC)c(-c2ccccc2)nc2ccccc12)c1ccc(Cl)cc1. The van der Waals surface area contributed by atoms with Gasteiger partial charge in [0.2, 0.25) is 0 Å². The first-order chi connectivity index (χ1) is 16.0. The number of nitrogens with one attached hydrogen (secondary N) is 1. The van der Waals surface area contributed by atoms with Gasteiger partial charge in [0.1, 0.15) is 5.69 Å². The fourth-order valence-electron chi connectivity index (χ4n) is 3.46. The Labute approximate surface area is 195 Å². The van der Waals surface area contributed by atoms with Gasteiger partial charge >= 0.3 is 6.09 Å². The Morgan fingerprint density at radius 2 is 1.58 bits per heavy atom. The molecule has 0 aliphatic rings. The van der Waals surface area contributed by atoms with Crippen molar-refractivity contribution in [1.29, 1.82) is 0 Å². The van der Waals surface area contributed by atoms with Gasteiger partial charge in [-0.1, -0.05) is 60.1 Å². The van der Waals surface area contributed by atoms with Crippen molar-refractivity contribution in [3.63, 3.8) is 0 Å². The van der Waals surface area contributed by atoms with Gasteiger partial charge in [0.05, 0.1) is 31.0 Å². The van der Waals surface area contributed by atoms with Crippen molar-refractivity contribution in [1.82, 2.24) is 10.4 Å². The Morgan fingerprint density at radius 1 is 0.909 bits per heavy atom. The number of carbonyl (C=O) groups is 2. The Balaban J connectivity index is 1.86. The fraction of sp³-hybridized carbons (Fsp3) is 0.0800. The molecule has 0 aliphatic carbocycles. The number of carbonyl (C=O) groups excluding carboxylic acids is 2. The quantitative estimate of drug-likeness (QED) is 0.407. The van der Waals surface area contributed by atoms with E-state index in [2.05, 4.69) is 5.43 Å². The molecule has 1 aromatic heterocycles. The lowest BCUT2D eigenvalue weighted by Crippen LogP contribution is -2.46. The molecular formula is C25H20ClN3O4. The maximum absolute atomic E-state index is 13.6. The molecule has 7 nitrogen and oxygen atoms in total. The van der Waals surface area contributed by atoms with E-state index in [1.807, 2.05) is 42.5 Å². The topological polar surface area (TPSA) is 80.8 Å². The number of halogens is 1. The van der Waals surface area contributed by atoms with E-state index in [4.69, 9.17) is 26.1 Å². The van der Waals surface area contributed by atoms with Crippen molar-refractivity contribution in [3.05, 3.63) is 89.4 Å². The average Bonchev–Trinajstić information content (AvgIpc) is 2.86. The Morgan fingerprint density at radius 3 is 2.24 bits per heavy atom. The first-order valence-corrected chi connectivity index (χ1v) is 10.4. The van der Waals surface area contributed by atoms with Gasteiger partial charge in [-0.25, -0.2) is 9.78 Å². The summed E-state index contributed by atoms with van der Waals surface area (Å²) in [5.74, 6) is -0.277. The van der Waals surface area contributed by atoms with Crippen molar-refractivity contribution in [2.75, 3.05) is 19.2 Å². The van der Waals surface area contributed by atoms with Gasteiger partial charge in [0.15, 0.2) is 5.75 Å². The van der Waals surface area contributed by atoms with E-state index < -0.39 is 12.0 Å². The molecule has 1 heterocycles. The van der Waals surface area contributed by atoms with Crippen LogP contribution in [-0.2, 0) is 4.74 Å². The highest BCUT2D eigenvalue weighted by atomic mass is 35.5. The van der Waals surface area contributed by atoms with Crippen LogP contribution < -0.4 is 15.2 Å². The maximum Gasteiger partial charge on any atom is 0.433 e. The van der Waals surface area contributed by atoms with Crippen molar-refractivity contribution >= 4 is 40.2 Å². The van der Waals surface area contributed by atoms with Crippen molar-refractivity contribution in [2.45, 2.75) is 0 Å². The minimum absolute atomic E-state index is 0.241. The van der Waals surface area contributed by atoms with Crippen molar-refractivity contribution in [3.8, 4) is 17.0 Å². The maximum atomic E-state index is 13.6. The van der Waals surface area contributed by atoms with Crippen LogP contribution in [0.15, 0.2) is 78.9 Å². The van der Waals surface area contributed by atoms with E-state index >= 15 is 0 Å². The molecule has 0 saturated carbocycles. The summed E-state index contributed by atoms with van der Waals surface area (Å²) in [5.41, 5.74) is 5.16. The van der Waals surface area contributed by atoms with E-state index in [0.29, 0.717) is 33.1 Å². The third-order valence-corrected chi connectivity index (χ3v) is 5.23. The molecule has 0 saturated heterocycles. The number of methoxy groups -OCH3 is 2. The van der Waals surface area contributed by atoms with Gasteiger partial charge in [-0.05, 0) is 30.3 Å². The number of aromatic nitrogens is 1. The third-order valence-electron chi connectivity index (χ3n) is 4.98. The first kappa shape index (κ1) is 22.1. The second-order valence-electron chi connectivity index (χ2n) is 6.97. The van der Waals surface area contributed by atoms with Crippen LogP contribution in [0.25, 0.3) is 22.2 Å². The van der Waals surface area contributed by atoms with E-state index in [-0.39, 0.29) is 5.56 Å². The number of anilines is 1. The molecule has 4 rings (SSSR count). The van der Waals surface area contributed by atoms with Gasteiger partial charge in [-0.3, -0.25) is 10.2 Å². The number of para-hydroxylation sites is 1. The minimum atomic E-state index is -0.772. The number of nitrogens with zero attached hydrogens (tertiary/aromatic N) is 2. The summed E-state index contributed by atoms with van der Waals surface area (Å²) in [6, 6.07) is 23.1. The smallest absolute Gasteiger partial charge is 0.433 e. The fourth-order valence-corrected chi connectivity index (χ4v) is 3.59. The molecule has 2 amide bonds. The highest BCUT2D eigenvalue weighted by Crippen LogP contribution is 2.36. The summed E-state index contributed by atoms with van der Waals surface area (Å²) in [7, 11) is 2.71. The third kappa shape index (κ3) is 4.44. The molecule has 3 aromatic carbocycles. The number of pyridine rings is 1.